The molecule has 0 unspecified atom stereocenters. The number of carboxylic acids is 1. The molecule has 2 aromatic rings. The van der Waals surface area contributed by atoms with Crippen molar-refractivity contribution in [3.05, 3.63) is 71.3 Å². The van der Waals surface area contributed by atoms with E-state index in [1.165, 1.54) is 0 Å². The van der Waals surface area contributed by atoms with E-state index < -0.39 is 30.2 Å². The van der Waals surface area contributed by atoms with Crippen molar-refractivity contribution < 1.29 is 58.6 Å². The van der Waals surface area contributed by atoms with Crippen molar-refractivity contribution in [1.29, 1.82) is 5.41 Å². The van der Waals surface area contributed by atoms with Gasteiger partial charge in [0, 0.05) is 5.56 Å². The molecule has 0 fully saturated rings. The second-order valence-electron chi connectivity index (χ2n) is 8.03. The number of hydrogen-bond donors (Lipinski definition) is 3. The Bertz CT molecular complexity index is 977. The summed E-state index contributed by atoms with van der Waals surface area (Å²) in [7, 11) is 0. The van der Waals surface area contributed by atoms with Gasteiger partial charge < -0.3 is 20.0 Å². The van der Waals surface area contributed by atoms with Crippen molar-refractivity contribution in [2.75, 3.05) is 6.54 Å². The molecule has 2 rings (SSSR count). The van der Waals surface area contributed by atoms with Crippen LogP contribution in [0.5, 0.6) is 0 Å². The van der Waals surface area contributed by atoms with E-state index in [4.69, 9.17) is 15.0 Å². The number of urea groups is 1. The number of amides is 3. The summed E-state index contributed by atoms with van der Waals surface area (Å²) in [5.74, 6) is -1.56. The minimum absolute atomic E-state index is 0. The molecule has 176 valence electrons. The molecular formula is C23H27N4NaO6. The maximum Gasteiger partial charge on any atom is 1.00 e. The molecule has 0 heterocycles. The van der Waals surface area contributed by atoms with E-state index in [1.54, 1.807) is 45.0 Å². The Labute approximate surface area is 220 Å². The third kappa shape index (κ3) is 10.8. The second-order valence-corrected chi connectivity index (χ2v) is 8.03. The van der Waals surface area contributed by atoms with Gasteiger partial charge in [-0.3, -0.25) is 15.6 Å². The Morgan fingerprint density at radius 1 is 1.00 bits per heavy atom. The van der Waals surface area contributed by atoms with Crippen molar-refractivity contribution in [3.63, 3.8) is 0 Å². The molecule has 0 aliphatic carbocycles. The Morgan fingerprint density at radius 2 is 1.62 bits per heavy atom. The standard InChI is InChI=1S/C23H28N4O6.Na/c1-23(2,3)33-22(31)26-20(24)18-11-9-16(10-12-18)14-27(21(30)25-13-19(28)29)32-15-17-7-5-4-6-8-17;/h4-12H,13-15H2,1-3H3,(H,25,30)(H,28,29)(H2,24,26,31);/q;+1/p-1. The number of benzene rings is 2. The van der Waals surface area contributed by atoms with Crippen LogP contribution in [0.15, 0.2) is 54.6 Å². The van der Waals surface area contributed by atoms with Gasteiger partial charge in [0.05, 0.1) is 19.1 Å². The molecule has 0 aliphatic heterocycles. The number of nitrogens with one attached hydrogen (secondary N) is 3. The first-order chi connectivity index (χ1) is 15.5. The molecule has 0 bridgehead atoms. The number of ether oxygens (including phenoxy) is 1. The monoisotopic (exact) mass is 478 g/mol. The van der Waals surface area contributed by atoms with E-state index in [1.807, 2.05) is 30.3 Å². The van der Waals surface area contributed by atoms with Gasteiger partial charge in [-0.25, -0.2) is 9.59 Å². The first kappa shape index (κ1) is 29.1. The number of carboxylic acid groups (broad SMARTS) is 1. The van der Waals surface area contributed by atoms with Gasteiger partial charge >= 0.3 is 41.7 Å². The molecule has 11 heteroatoms. The SMILES string of the molecule is CC(C)(C)OC(=O)NC(=N)c1ccc(CN(OCc2ccccc2)C(=O)NCC(=O)[O-])cc1.[Na+]. The molecular weight excluding hydrogens is 451 g/mol. The molecule has 10 nitrogen and oxygen atoms in total. The maximum atomic E-state index is 12.4. The van der Waals surface area contributed by atoms with Gasteiger partial charge in [0.15, 0.2) is 0 Å². The third-order valence-corrected chi connectivity index (χ3v) is 4.04. The summed E-state index contributed by atoms with van der Waals surface area (Å²) in [4.78, 5) is 40.5. The molecule has 0 atom stereocenters. The number of amidine groups is 1. The fourth-order valence-electron chi connectivity index (χ4n) is 2.56. The summed E-state index contributed by atoms with van der Waals surface area (Å²) in [5.41, 5.74) is 1.23. The number of aliphatic carboxylic acids is 1. The van der Waals surface area contributed by atoms with Crippen molar-refractivity contribution in [3.8, 4) is 0 Å². The van der Waals surface area contributed by atoms with Crippen LogP contribution in [0.4, 0.5) is 9.59 Å². The quantitative estimate of drug-likeness (QED) is 0.191. The first-order valence-corrected chi connectivity index (χ1v) is 10.1. The minimum atomic E-state index is -1.42. The van der Waals surface area contributed by atoms with Crippen molar-refractivity contribution in [2.24, 2.45) is 0 Å². The van der Waals surface area contributed by atoms with E-state index >= 15 is 0 Å². The zero-order chi connectivity index (χ0) is 24.4. The van der Waals surface area contributed by atoms with Crippen LogP contribution in [0, 0.1) is 5.41 Å². The van der Waals surface area contributed by atoms with E-state index in [0.29, 0.717) is 11.1 Å². The van der Waals surface area contributed by atoms with Crippen LogP contribution in [0.25, 0.3) is 0 Å². The summed E-state index contributed by atoms with van der Waals surface area (Å²) < 4.78 is 5.13. The van der Waals surface area contributed by atoms with Gasteiger partial charge in [-0.1, -0.05) is 54.6 Å². The van der Waals surface area contributed by atoms with Gasteiger partial charge in [-0.05, 0) is 31.9 Å². The number of hydrogen-bond acceptors (Lipinski definition) is 7. The largest absolute Gasteiger partial charge is 1.00 e. The minimum Gasteiger partial charge on any atom is -0.548 e. The topological polar surface area (TPSA) is 144 Å². The Morgan fingerprint density at radius 3 is 2.18 bits per heavy atom. The van der Waals surface area contributed by atoms with Gasteiger partial charge in [-0.15, -0.1) is 0 Å². The van der Waals surface area contributed by atoms with Crippen LogP contribution in [0.1, 0.15) is 37.5 Å². The zero-order valence-electron chi connectivity index (χ0n) is 19.7. The fourth-order valence-corrected chi connectivity index (χ4v) is 2.56. The van der Waals surface area contributed by atoms with Gasteiger partial charge in [-0.2, -0.15) is 5.06 Å². The molecule has 0 aromatic heterocycles. The Kier molecular flexibility index (Phi) is 11.7. The van der Waals surface area contributed by atoms with E-state index in [2.05, 4.69) is 10.6 Å². The van der Waals surface area contributed by atoms with Crippen LogP contribution in [-0.4, -0.2) is 41.1 Å². The summed E-state index contributed by atoms with van der Waals surface area (Å²) in [6.07, 6.45) is -0.735. The first-order valence-electron chi connectivity index (χ1n) is 10.1. The molecule has 2 aromatic carbocycles. The van der Waals surface area contributed by atoms with Crippen LogP contribution in [0.2, 0.25) is 0 Å². The van der Waals surface area contributed by atoms with E-state index in [9.17, 15) is 19.5 Å². The van der Waals surface area contributed by atoms with Crippen LogP contribution < -0.4 is 45.3 Å². The van der Waals surface area contributed by atoms with Gasteiger partial charge in [0.1, 0.15) is 18.0 Å². The molecule has 3 amide bonds. The summed E-state index contributed by atoms with van der Waals surface area (Å²) >= 11 is 0. The molecule has 3 N–H and O–H groups in total. The average molecular weight is 478 g/mol. The number of hydroxylamine groups is 2. The smallest absolute Gasteiger partial charge is 0.548 e. The van der Waals surface area contributed by atoms with Crippen molar-refractivity contribution in [2.45, 2.75) is 39.5 Å². The number of alkyl carbamates (subject to hydrolysis) is 1. The Hall–Kier alpha value is -2.92. The number of rotatable bonds is 8. The number of carbonyl (C=O) groups excluding carboxylic acids is 3. The predicted octanol–water partition coefficient (Wildman–Crippen LogP) is -1.07. The molecule has 0 saturated heterocycles. The van der Waals surface area contributed by atoms with Crippen molar-refractivity contribution >= 4 is 23.9 Å². The summed E-state index contributed by atoms with van der Waals surface area (Å²) in [6, 6.07) is 15.0. The Balaban J connectivity index is 0.00000578. The molecule has 0 saturated carbocycles. The number of carbonyl (C=O) groups is 3. The van der Waals surface area contributed by atoms with Crippen LogP contribution >= 0.6 is 0 Å². The summed E-state index contributed by atoms with van der Waals surface area (Å²) in [5, 5.41) is 24.3. The average Bonchev–Trinajstić information content (AvgIpc) is 2.74. The van der Waals surface area contributed by atoms with Crippen LogP contribution in [-0.2, 0) is 27.5 Å². The van der Waals surface area contributed by atoms with Gasteiger partial charge in [0.2, 0.25) is 0 Å². The van der Waals surface area contributed by atoms with Crippen molar-refractivity contribution in [1.82, 2.24) is 15.7 Å². The molecule has 0 radical (unpaired) electrons. The molecule has 34 heavy (non-hydrogen) atoms. The van der Waals surface area contributed by atoms with E-state index in [-0.39, 0.29) is 48.5 Å². The third-order valence-electron chi connectivity index (χ3n) is 4.04. The maximum absolute atomic E-state index is 12.4. The van der Waals surface area contributed by atoms with E-state index in [0.717, 1.165) is 10.6 Å². The second kappa shape index (κ2) is 13.7. The number of nitrogens with zero attached hydrogens (tertiary/aromatic N) is 1. The predicted molar refractivity (Wildman–Crippen MR) is 118 cm³/mol. The van der Waals surface area contributed by atoms with Gasteiger partial charge in [0.25, 0.3) is 0 Å². The fraction of sp³-hybridized carbons (Fsp3) is 0.304. The summed E-state index contributed by atoms with van der Waals surface area (Å²) in [6.45, 7) is 4.62. The molecule has 0 spiro atoms. The van der Waals surface area contributed by atoms with Crippen LogP contribution in [0.3, 0.4) is 0 Å². The normalized spacial score (nSPS) is 10.4. The molecule has 0 aliphatic rings. The zero-order valence-corrected chi connectivity index (χ0v) is 21.7.